The van der Waals surface area contributed by atoms with E-state index in [-0.39, 0.29) is 11.3 Å². The van der Waals surface area contributed by atoms with Gasteiger partial charge in [-0.1, -0.05) is 35.9 Å². The summed E-state index contributed by atoms with van der Waals surface area (Å²) in [6, 6.07) is 15.0. The van der Waals surface area contributed by atoms with Gasteiger partial charge in [-0.05, 0) is 37.1 Å². The first kappa shape index (κ1) is 14.9. The van der Waals surface area contributed by atoms with Gasteiger partial charge in [-0.3, -0.25) is 4.79 Å². The van der Waals surface area contributed by atoms with Gasteiger partial charge in [-0.15, -0.1) is 0 Å². The second kappa shape index (κ2) is 6.01. The van der Waals surface area contributed by atoms with E-state index in [2.05, 4.69) is 11.4 Å². The summed E-state index contributed by atoms with van der Waals surface area (Å²) in [5.74, 6) is 0.792. The Morgan fingerprint density at radius 3 is 2.68 bits per heavy atom. The molecule has 1 aliphatic rings. The first-order chi connectivity index (χ1) is 10.6. The zero-order valence-corrected chi connectivity index (χ0v) is 13.2. The summed E-state index contributed by atoms with van der Waals surface area (Å²) in [4.78, 5) is 12.3. The highest BCUT2D eigenvalue weighted by atomic mass is 35.5. The number of carbonyl (C=O) groups excluding carboxylic acids is 1. The van der Waals surface area contributed by atoms with Gasteiger partial charge in [0, 0.05) is 28.1 Å². The average Bonchev–Trinajstić information content (AvgIpc) is 3.33. The maximum absolute atomic E-state index is 12.3. The van der Waals surface area contributed by atoms with E-state index in [0.717, 1.165) is 18.6 Å². The Balaban J connectivity index is 1.72. The van der Waals surface area contributed by atoms with Crippen molar-refractivity contribution in [2.75, 3.05) is 13.7 Å². The van der Waals surface area contributed by atoms with Gasteiger partial charge in [0.15, 0.2) is 0 Å². The van der Waals surface area contributed by atoms with Gasteiger partial charge in [0.2, 0.25) is 0 Å². The molecule has 0 atom stereocenters. The van der Waals surface area contributed by atoms with Gasteiger partial charge in [-0.2, -0.15) is 0 Å². The fraction of sp³-hybridized carbons (Fsp3) is 0.278. The Hall–Kier alpha value is -2.00. The third kappa shape index (κ3) is 2.95. The molecule has 0 radical (unpaired) electrons. The maximum atomic E-state index is 12.3. The molecule has 1 fully saturated rings. The first-order valence-electron chi connectivity index (χ1n) is 7.32. The molecule has 1 N–H and O–H groups in total. The summed E-state index contributed by atoms with van der Waals surface area (Å²) in [7, 11) is 1.68. The molecule has 0 bridgehead atoms. The minimum atomic E-state index is -0.0938. The van der Waals surface area contributed by atoms with E-state index in [1.165, 1.54) is 5.56 Å². The van der Waals surface area contributed by atoms with E-state index in [1.54, 1.807) is 31.4 Å². The van der Waals surface area contributed by atoms with Crippen LogP contribution in [-0.2, 0) is 5.41 Å². The number of nitrogens with one attached hydrogen (secondary N) is 1. The monoisotopic (exact) mass is 315 g/mol. The molecule has 2 aromatic rings. The summed E-state index contributed by atoms with van der Waals surface area (Å²) in [6.45, 7) is 0.610. The lowest BCUT2D eigenvalue weighted by molar-refractivity contribution is 0.0949. The van der Waals surface area contributed by atoms with Gasteiger partial charge in [0.1, 0.15) is 5.75 Å². The number of rotatable bonds is 5. The highest BCUT2D eigenvalue weighted by molar-refractivity contribution is 6.30. The standard InChI is InChI=1S/C18H18ClNO2/c1-22-16-8-3-2-7-15(16)18(9-10-18)12-20-17(21)13-5-4-6-14(19)11-13/h2-8,11H,9-10,12H2,1H3,(H,20,21). The predicted octanol–water partition coefficient (Wildman–Crippen LogP) is 3.81. The minimum Gasteiger partial charge on any atom is -0.496 e. The van der Waals surface area contributed by atoms with Crippen molar-refractivity contribution in [2.24, 2.45) is 0 Å². The van der Waals surface area contributed by atoms with Gasteiger partial charge in [-0.25, -0.2) is 0 Å². The van der Waals surface area contributed by atoms with E-state index < -0.39 is 0 Å². The molecule has 1 saturated carbocycles. The summed E-state index contributed by atoms with van der Waals surface area (Å²) < 4.78 is 5.45. The minimum absolute atomic E-state index is 0.000832. The zero-order valence-electron chi connectivity index (χ0n) is 12.4. The molecule has 3 rings (SSSR count). The first-order valence-corrected chi connectivity index (χ1v) is 7.70. The number of hydrogen-bond acceptors (Lipinski definition) is 2. The number of benzene rings is 2. The predicted molar refractivity (Wildman–Crippen MR) is 87.7 cm³/mol. The van der Waals surface area contributed by atoms with Crippen molar-refractivity contribution in [3.63, 3.8) is 0 Å². The average molecular weight is 316 g/mol. The second-order valence-electron chi connectivity index (χ2n) is 5.67. The summed E-state index contributed by atoms with van der Waals surface area (Å²) in [5, 5.41) is 3.59. The van der Waals surface area contributed by atoms with Crippen molar-refractivity contribution >= 4 is 17.5 Å². The van der Waals surface area contributed by atoms with Gasteiger partial charge in [0.25, 0.3) is 5.91 Å². The summed E-state index contributed by atoms with van der Waals surface area (Å²) >= 11 is 5.93. The van der Waals surface area contributed by atoms with Crippen LogP contribution < -0.4 is 10.1 Å². The fourth-order valence-corrected chi connectivity index (χ4v) is 2.95. The van der Waals surface area contributed by atoms with Crippen molar-refractivity contribution in [2.45, 2.75) is 18.3 Å². The number of carbonyl (C=O) groups is 1. The number of halogens is 1. The van der Waals surface area contributed by atoms with Crippen LogP contribution >= 0.6 is 11.6 Å². The van der Waals surface area contributed by atoms with E-state index in [9.17, 15) is 4.79 Å². The fourth-order valence-electron chi connectivity index (χ4n) is 2.76. The molecule has 4 heteroatoms. The molecule has 0 aliphatic heterocycles. The quantitative estimate of drug-likeness (QED) is 0.911. The van der Waals surface area contributed by atoms with E-state index in [4.69, 9.17) is 16.3 Å². The topological polar surface area (TPSA) is 38.3 Å². The molecule has 114 valence electrons. The van der Waals surface area contributed by atoms with Gasteiger partial charge in [0.05, 0.1) is 7.11 Å². The molecule has 0 spiro atoms. The molecule has 0 unspecified atom stereocenters. The molecule has 0 heterocycles. The van der Waals surface area contributed by atoms with Crippen molar-refractivity contribution < 1.29 is 9.53 Å². The number of hydrogen-bond donors (Lipinski definition) is 1. The smallest absolute Gasteiger partial charge is 0.251 e. The van der Waals surface area contributed by atoms with E-state index >= 15 is 0 Å². The van der Waals surface area contributed by atoms with Crippen LogP contribution in [0.1, 0.15) is 28.8 Å². The largest absolute Gasteiger partial charge is 0.496 e. The third-order valence-corrected chi connectivity index (χ3v) is 4.44. The Kier molecular flexibility index (Phi) is 4.08. The van der Waals surface area contributed by atoms with Gasteiger partial charge < -0.3 is 10.1 Å². The second-order valence-corrected chi connectivity index (χ2v) is 6.11. The van der Waals surface area contributed by atoms with Crippen LogP contribution in [0, 0.1) is 0 Å². The van der Waals surface area contributed by atoms with Gasteiger partial charge >= 0.3 is 0 Å². The number of methoxy groups -OCH3 is 1. The third-order valence-electron chi connectivity index (χ3n) is 4.21. The van der Waals surface area contributed by atoms with Crippen molar-refractivity contribution in [1.82, 2.24) is 5.32 Å². The molecule has 2 aromatic carbocycles. The summed E-state index contributed by atoms with van der Waals surface area (Å²) in [6.07, 6.45) is 2.12. The SMILES string of the molecule is COc1ccccc1C1(CNC(=O)c2cccc(Cl)c2)CC1. The molecular weight excluding hydrogens is 298 g/mol. The van der Waals surface area contributed by atoms with Crippen LogP contribution in [0.3, 0.4) is 0 Å². The van der Waals surface area contributed by atoms with Crippen LogP contribution in [0.4, 0.5) is 0 Å². The molecule has 0 aromatic heterocycles. The van der Waals surface area contributed by atoms with Crippen LogP contribution in [0.25, 0.3) is 0 Å². The summed E-state index contributed by atoms with van der Waals surface area (Å²) in [5.41, 5.74) is 1.76. The molecule has 0 saturated heterocycles. The normalized spacial score (nSPS) is 15.2. The van der Waals surface area contributed by atoms with Crippen LogP contribution in [0.15, 0.2) is 48.5 Å². The number of amides is 1. The van der Waals surface area contributed by atoms with E-state index in [1.807, 2.05) is 18.2 Å². The zero-order chi connectivity index (χ0) is 15.6. The molecule has 1 amide bonds. The van der Waals surface area contributed by atoms with Crippen molar-refractivity contribution in [1.29, 1.82) is 0 Å². The van der Waals surface area contributed by atoms with Crippen molar-refractivity contribution in [3.8, 4) is 5.75 Å². The number of ether oxygens (including phenoxy) is 1. The Labute approximate surface area is 135 Å². The Morgan fingerprint density at radius 1 is 1.23 bits per heavy atom. The molecular formula is C18H18ClNO2. The van der Waals surface area contributed by atoms with Crippen LogP contribution in [-0.4, -0.2) is 19.6 Å². The highest BCUT2D eigenvalue weighted by Gasteiger charge is 2.46. The highest BCUT2D eigenvalue weighted by Crippen LogP contribution is 2.50. The van der Waals surface area contributed by atoms with Crippen LogP contribution in [0.2, 0.25) is 5.02 Å². The lowest BCUT2D eigenvalue weighted by Crippen LogP contribution is -2.32. The number of para-hydroxylation sites is 1. The maximum Gasteiger partial charge on any atom is 0.251 e. The lowest BCUT2D eigenvalue weighted by Gasteiger charge is -2.19. The molecule has 3 nitrogen and oxygen atoms in total. The Bertz CT molecular complexity index is 695. The van der Waals surface area contributed by atoms with Crippen molar-refractivity contribution in [3.05, 3.63) is 64.7 Å². The van der Waals surface area contributed by atoms with E-state index in [0.29, 0.717) is 17.1 Å². The Morgan fingerprint density at radius 2 is 2.00 bits per heavy atom. The molecule has 22 heavy (non-hydrogen) atoms. The molecule has 1 aliphatic carbocycles. The van der Waals surface area contributed by atoms with Crippen LogP contribution in [0.5, 0.6) is 5.75 Å². The lowest BCUT2D eigenvalue weighted by atomic mass is 9.94.